The zero-order valence-electron chi connectivity index (χ0n) is 18.4. The molecular formula is C24H27N5O3. The van der Waals surface area contributed by atoms with E-state index in [9.17, 15) is 14.4 Å². The van der Waals surface area contributed by atoms with Crippen molar-refractivity contribution in [3.05, 3.63) is 71.8 Å². The highest BCUT2D eigenvalue weighted by Crippen LogP contribution is 2.36. The number of rotatable bonds is 6. The molecule has 0 spiro atoms. The molecule has 3 atom stereocenters. The van der Waals surface area contributed by atoms with Crippen molar-refractivity contribution in [1.82, 2.24) is 25.5 Å². The molecule has 1 aromatic heterocycles. The van der Waals surface area contributed by atoms with Gasteiger partial charge in [0.25, 0.3) is 11.8 Å². The van der Waals surface area contributed by atoms with Gasteiger partial charge in [-0.1, -0.05) is 24.3 Å². The number of benzene rings is 1. The van der Waals surface area contributed by atoms with E-state index in [0.29, 0.717) is 24.0 Å². The lowest BCUT2D eigenvalue weighted by Gasteiger charge is -2.27. The summed E-state index contributed by atoms with van der Waals surface area (Å²) < 4.78 is 0. The van der Waals surface area contributed by atoms with Crippen LogP contribution in [0, 0.1) is 0 Å². The maximum atomic E-state index is 12.9. The molecule has 166 valence electrons. The third kappa shape index (κ3) is 4.26. The summed E-state index contributed by atoms with van der Waals surface area (Å²) in [6.07, 6.45) is 9.41. The highest BCUT2D eigenvalue weighted by molar-refractivity contribution is 6.00. The summed E-state index contributed by atoms with van der Waals surface area (Å²) in [5.74, 6) is -0.599. The summed E-state index contributed by atoms with van der Waals surface area (Å²) in [5.41, 5.74) is 0.920. The first-order chi connectivity index (χ1) is 15.3. The zero-order valence-corrected chi connectivity index (χ0v) is 18.4. The number of aromatic nitrogens is 2. The quantitative estimate of drug-likeness (QED) is 0.681. The predicted octanol–water partition coefficient (Wildman–Crippen LogP) is 2.41. The van der Waals surface area contributed by atoms with Crippen molar-refractivity contribution in [2.24, 2.45) is 0 Å². The monoisotopic (exact) mass is 433 g/mol. The van der Waals surface area contributed by atoms with Crippen LogP contribution in [0.1, 0.15) is 65.9 Å². The van der Waals surface area contributed by atoms with Crippen molar-refractivity contribution in [3.63, 3.8) is 0 Å². The van der Waals surface area contributed by atoms with Gasteiger partial charge in [-0.15, -0.1) is 0 Å². The summed E-state index contributed by atoms with van der Waals surface area (Å²) in [5, 5.41) is 5.80. The molecule has 1 saturated carbocycles. The van der Waals surface area contributed by atoms with Crippen molar-refractivity contribution < 1.29 is 14.4 Å². The minimum absolute atomic E-state index is 0.0113. The Labute approximate surface area is 187 Å². The van der Waals surface area contributed by atoms with Crippen molar-refractivity contribution >= 4 is 17.7 Å². The Morgan fingerprint density at radius 3 is 2.16 bits per heavy atom. The SMILES string of the molecule is CC1C=CC(C)N1C(=O)c1ccc([C@@H](C)NC(=O)C2(NC(=O)c3cncnc3)CC2)cc1. The number of carbonyl (C=O) groups excluding carboxylic acids is 3. The summed E-state index contributed by atoms with van der Waals surface area (Å²) in [7, 11) is 0. The minimum atomic E-state index is -0.897. The van der Waals surface area contributed by atoms with Crippen LogP contribution in [-0.2, 0) is 4.79 Å². The molecular weight excluding hydrogens is 406 g/mol. The van der Waals surface area contributed by atoms with E-state index in [1.807, 2.05) is 50.0 Å². The van der Waals surface area contributed by atoms with E-state index >= 15 is 0 Å². The van der Waals surface area contributed by atoms with Crippen molar-refractivity contribution in [3.8, 4) is 0 Å². The fourth-order valence-electron chi connectivity index (χ4n) is 3.97. The lowest BCUT2D eigenvalue weighted by Crippen LogP contribution is -2.49. The fourth-order valence-corrected chi connectivity index (χ4v) is 3.97. The molecule has 2 aromatic rings. The third-order valence-electron chi connectivity index (χ3n) is 6.15. The molecule has 8 nitrogen and oxygen atoms in total. The average molecular weight is 434 g/mol. The van der Waals surface area contributed by atoms with Crippen LogP contribution in [0.4, 0.5) is 0 Å². The van der Waals surface area contributed by atoms with Gasteiger partial charge >= 0.3 is 0 Å². The molecule has 1 aliphatic carbocycles. The highest BCUT2D eigenvalue weighted by Gasteiger charge is 2.51. The molecule has 1 aliphatic heterocycles. The van der Waals surface area contributed by atoms with Gasteiger partial charge in [0.2, 0.25) is 5.91 Å². The molecule has 32 heavy (non-hydrogen) atoms. The van der Waals surface area contributed by atoms with E-state index in [1.54, 1.807) is 12.1 Å². The Morgan fingerprint density at radius 2 is 1.59 bits per heavy atom. The first-order valence-corrected chi connectivity index (χ1v) is 10.8. The number of amides is 3. The Balaban J connectivity index is 1.37. The Morgan fingerprint density at radius 1 is 1.00 bits per heavy atom. The van der Waals surface area contributed by atoms with E-state index in [0.717, 1.165) is 5.56 Å². The Kier molecular flexibility index (Phi) is 5.78. The lowest BCUT2D eigenvalue weighted by molar-refractivity contribution is -0.124. The first kappa shape index (κ1) is 21.7. The second-order valence-electron chi connectivity index (χ2n) is 8.56. The van der Waals surface area contributed by atoms with Gasteiger partial charge in [-0.25, -0.2) is 9.97 Å². The molecule has 1 aromatic carbocycles. The average Bonchev–Trinajstić information content (AvgIpc) is 3.51. The second-order valence-corrected chi connectivity index (χ2v) is 8.56. The molecule has 2 heterocycles. The van der Waals surface area contributed by atoms with Crippen molar-refractivity contribution in [1.29, 1.82) is 0 Å². The molecule has 8 heteroatoms. The van der Waals surface area contributed by atoms with E-state index in [-0.39, 0.29) is 35.8 Å². The summed E-state index contributed by atoms with van der Waals surface area (Å²) in [6, 6.07) is 7.18. The largest absolute Gasteiger partial charge is 0.348 e. The van der Waals surface area contributed by atoms with Gasteiger partial charge in [-0.3, -0.25) is 14.4 Å². The molecule has 2 unspecified atom stereocenters. The second kappa shape index (κ2) is 8.53. The van der Waals surface area contributed by atoms with Gasteiger partial charge < -0.3 is 15.5 Å². The van der Waals surface area contributed by atoms with Gasteiger partial charge in [-0.05, 0) is 51.3 Å². The molecule has 3 amide bonds. The molecule has 1 fully saturated rings. The van der Waals surface area contributed by atoms with Crippen LogP contribution in [0.15, 0.2) is 55.1 Å². The maximum Gasteiger partial charge on any atom is 0.255 e. The summed E-state index contributed by atoms with van der Waals surface area (Å²) in [6.45, 7) is 5.88. The van der Waals surface area contributed by atoms with Crippen LogP contribution in [0.25, 0.3) is 0 Å². The van der Waals surface area contributed by atoms with Crippen molar-refractivity contribution in [2.45, 2.75) is 57.3 Å². The Hall–Kier alpha value is -3.55. The van der Waals surface area contributed by atoms with E-state index < -0.39 is 5.54 Å². The molecule has 4 rings (SSSR count). The maximum absolute atomic E-state index is 12.9. The number of carbonyl (C=O) groups is 3. The molecule has 2 aliphatic rings. The van der Waals surface area contributed by atoms with E-state index in [1.165, 1.54) is 18.7 Å². The first-order valence-electron chi connectivity index (χ1n) is 10.8. The van der Waals surface area contributed by atoms with Crippen LogP contribution in [0.2, 0.25) is 0 Å². The molecule has 0 bridgehead atoms. The van der Waals surface area contributed by atoms with Crippen LogP contribution >= 0.6 is 0 Å². The lowest BCUT2D eigenvalue weighted by atomic mass is 10.0. The number of nitrogens with zero attached hydrogens (tertiary/aromatic N) is 3. The third-order valence-corrected chi connectivity index (χ3v) is 6.15. The predicted molar refractivity (Wildman–Crippen MR) is 119 cm³/mol. The highest BCUT2D eigenvalue weighted by atomic mass is 16.2. The summed E-state index contributed by atoms with van der Waals surface area (Å²) >= 11 is 0. The van der Waals surface area contributed by atoms with Gasteiger partial charge in [0, 0.05) is 30.0 Å². The smallest absolute Gasteiger partial charge is 0.255 e. The van der Waals surface area contributed by atoms with Crippen LogP contribution in [0.5, 0.6) is 0 Å². The molecule has 0 saturated heterocycles. The topological polar surface area (TPSA) is 104 Å². The summed E-state index contributed by atoms with van der Waals surface area (Å²) in [4.78, 5) is 47.7. The fraction of sp³-hybridized carbons (Fsp3) is 0.375. The van der Waals surface area contributed by atoms with Crippen LogP contribution in [-0.4, -0.2) is 50.2 Å². The van der Waals surface area contributed by atoms with Gasteiger partial charge in [0.15, 0.2) is 0 Å². The van der Waals surface area contributed by atoms with Gasteiger partial charge in [0.05, 0.1) is 11.6 Å². The zero-order chi connectivity index (χ0) is 22.9. The normalized spacial score (nSPS) is 21.7. The standard InChI is InChI=1S/C24H27N5O3/c1-15-4-5-16(2)29(15)22(31)19-8-6-18(7-9-19)17(3)27-23(32)24(10-11-24)28-21(30)20-12-25-14-26-13-20/h4-9,12-17H,10-11H2,1-3H3,(H,27,32)(H,28,30)/t15?,16?,17-/m1/s1. The number of hydrogen-bond donors (Lipinski definition) is 2. The number of hydrogen-bond acceptors (Lipinski definition) is 5. The van der Waals surface area contributed by atoms with Gasteiger partial charge in [-0.2, -0.15) is 0 Å². The van der Waals surface area contributed by atoms with E-state index in [2.05, 4.69) is 20.6 Å². The van der Waals surface area contributed by atoms with Crippen LogP contribution < -0.4 is 10.6 Å². The minimum Gasteiger partial charge on any atom is -0.348 e. The molecule has 0 radical (unpaired) electrons. The van der Waals surface area contributed by atoms with Crippen LogP contribution in [0.3, 0.4) is 0 Å². The van der Waals surface area contributed by atoms with Gasteiger partial charge in [0.1, 0.15) is 11.9 Å². The number of nitrogens with one attached hydrogen (secondary N) is 2. The Bertz CT molecular complexity index is 1040. The van der Waals surface area contributed by atoms with E-state index in [4.69, 9.17) is 0 Å². The molecule has 2 N–H and O–H groups in total. The van der Waals surface area contributed by atoms with Crippen molar-refractivity contribution in [2.75, 3.05) is 0 Å².